The molecule has 1 aromatic carbocycles. The minimum atomic E-state index is -0.420. The zero-order chi connectivity index (χ0) is 31.9. The number of hydrogen-bond donors (Lipinski definition) is 3. The summed E-state index contributed by atoms with van der Waals surface area (Å²) in [5.74, 6) is 1.50. The fourth-order valence-corrected chi connectivity index (χ4v) is 6.30. The number of nitrogens with zero attached hydrogens (tertiary/aromatic N) is 6. The second kappa shape index (κ2) is 11.7. The van der Waals surface area contributed by atoms with Crippen LogP contribution >= 0.6 is 0 Å². The van der Waals surface area contributed by atoms with Crippen molar-refractivity contribution in [3.8, 4) is 5.75 Å². The van der Waals surface area contributed by atoms with E-state index in [-0.39, 0.29) is 34.7 Å². The Kier molecular flexibility index (Phi) is 7.94. The molecule has 1 aliphatic heterocycles. The summed E-state index contributed by atoms with van der Waals surface area (Å²) in [6.45, 7) is 9.22. The van der Waals surface area contributed by atoms with Gasteiger partial charge in [-0.05, 0) is 69.5 Å². The summed E-state index contributed by atoms with van der Waals surface area (Å²) in [5.41, 5.74) is 2.94. The SMILES string of the molecule is CNC(=O)c1nc(NC(=O)N[C@H]2CC[C@@H](Oc3ccc4nnc([C@]5(C)CCCN5C)n4c3)c3ccccc32)cc(C(C)(C)C)n1. The van der Waals surface area contributed by atoms with Gasteiger partial charge in [-0.1, -0.05) is 45.0 Å². The van der Waals surface area contributed by atoms with E-state index in [9.17, 15) is 9.59 Å². The molecule has 3 amide bonds. The number of likely N-dealkylation sites (tertiary alicyclic amines) is 1. The number of carbonyl (C=O) groups excluding carboxylic acids is 2. The van der Waals surface area contributed by atoms with E-state index in [1.807, 2.05) is 61.7 Å². The molecule has 2 aliphatic rings. The number of anilines is 1. The highest BCUT2D eigenvalue weighted by Crippen LogP contribution is 2.40. The van der Waals surface area contributed by atoms with Gasteiger partial charge in [-0.3, -0.25) is 19.4 Å². The topological polar surface area (TPSA) is 139 Å². The molecule has 1 saturated heterocycles. The number of carbonyl (C=O) groups is 2. The first-order valence-electron chi connectivity index (χ1n) is 15.5. The Morgan fingerprint density at radius 1 is 1.04 bits per heavy atom. The quantitative estimate of drug-likeness (QED) is 0.280. The molecular weight excluding hydrogens is 570 g/mol. The Bertz CT molecular complexity index is 1750. The van der Waals surface area contributed by atoms with Crippen molar-refractivity contribution in [3.05, 3.63) is 77.1 Å². The first-order chi connectivity index (χ1) is 21.5. The first-order valence-corrected chi connectivity index (χ1v) is 15.5. The van der Waals surface area contributed by atoms with E-state index in [0.717, 1.165) is 47.7 Å². The van der Waals surface area contributed by atoms with E-state index in [0.29, 0.717) is 18.5 Å². The van der Waals surface area contributed by atoms with Gasteiger partial charge in [0.05, 0.1) is 23.5 Å². The van der Waals surface area contributed by atoms with Crippen molar-refractivity contribution in [1.82, 2.24) is 40.1 Å². The van der Waals surface area contributed by atoms with E-state index < -0.39 is 11.9 Å². The highest BCUT2D eigenvalue weighted by molar-refractivity contribution is 5.92. The van der Waals surface area contributed by atoms with Crippen LogP contribution in [-0.4, -0.2) is 62.0 Å². The number of aromatic nitrogens is 5. The molecule has 236 valence electrons. The summed E-state index contributed by atoms with van der Waals surface area (Å²) >= 11 is 0. The van der Waals surface area contributed by atoms with Gasteiger partial charge in [-0.15, -0.1) is 10.2 Å². The van der Waals surface area contributed by atoms with Crippen LogP contribution in [0.2, 0.25) is 0 Å². The zero-order valence-corrected chi connectivity index (χ0v) is 26.7. The van der Waals surface area contributed by atoms with Crippen molar-refractivity contribution in [2.24, 2.45) is 0 Å². The van der Waals surface area contributed by atoms with Gasteiger partial charge in [0.15, 0.2) is 11.5 Å². The Hall–Kier alpha value is -4.58. The first kappa shape index (κ1) is 30.4. The monoisotopic (exact) mass is 611 g/mol. The van der Waals surface area contributed by atoms with Crippen molar-refractivity contribution in [2.45, 2.75) is 76.5 Å². The molecule has 3 atom stereocenters. The molecule has 45 heavy (non-hydrogen) atoms. The van der Waals surface area contributed by atoms with Gasteiger partial charge in [0.1, 0.15) is 17.7 Å². The van der Waals surface area contributed by atoms with Gasteiger partial charge in [0.2, 0.25) is 5.82 Å². The van der Waals surface area contributed by atoms with E-state index in [4.69, 9.17) is 4.74 Å². The smallest absolute Gasteiger partial charge is 0.320 e. The third-order valence-corrected chi connectivity index (χ3v) is 9.04. The number of ether oxygens (including phenoxy) is 1. The van der Waals surface area contributed by atoms with Gasteiger partial charge in [0.25, 0.3) is 5.91 Å². The average Bonchev–Trinajstić information content (AvgIpc) is 3.60. The molecule has 0 spiro atoms. The van der Waals surface area contributed by atoms with Crippen molar-refractivity contribution in [3.63, 3.8) is 0 Å². The van der Waals surface area contributed by atoms with Crippen LogP contribution in [-0.2, 0) is 11.0 Å². The number of benzene rings is 1. The summed E-state index contributed by atoms with van der Waals surface area (Å²) in [6.07, 6.45) is 5.34. The molecule has 4 aromatic rings. The van der Waals surface area contributed by atoms with Crippen LogP contribution in [0.1, 0.15) is 98.8 Å². The van der Waals surface area contributed by atoms with E-state index >= 15 is 0 Å². The van der Waals surface area contributed by atoms with Crippen molar-refractivity contribution in [1.29, 1.82) is 0 Å². The lowest BCUT2D eigenvalue weighted by atomic mass is 9.85. The summed E-state index contributed by atoms with van der Waals surface area (Å²) in [5, 5.41) is 17.5. The Balaban J connectivity index is 1.20. The number of nitrogens with one attached hydrogen (secondary N) is 3. The van der Waals surface area contributed by atoms with Crippen LogP contribution in [0, 0.1) is 0 Å². The summed E-state index contributed by atoms with van der Waals surface area (Å²) in [6, 6.07) is 13.0. The number of urea groups is 1. The fraction of sp³-hybridized carbons (Fsp3) is 0.455. The van der Waals surface area contributed by atoms with Crippen LogP contribution in [0.15, 0.2) is 48.7 Å². The molecule has 4 heterocycles. The third-order valence-electron chi connectivity index (χ3n) is 9.04. The summed E-state index contributed by atoms with van der Waals surface area (Å²) < 4.78 is 8.65. The lowest BCUT2D eigenvalue weighted by Crippen LogP contribution is -2.37. The number of amides is 3. The lowest BCUT2D eigenvalue weighted by Gasteiger charge is -2.32. The van der Waals surface area contributed by atoms with Gasteiger partial charge >= 0.3 is 6.03 Å². The van der Waals surface area contributed by atoms with E-state index in [1.165, 1.54) is 7.05 Å². The van der Waals surface area contributed by atoms with Gasteiger partial charge < -0.3 is 15.4 Å². The minimum Gasteiger partial charge on any atom is -0.484 e. The van der Waals surface area contributed by atoms with Gasteiger partial charge in [-0.2, -0.15) is 0 Å². The summed E-state index contributed by atoms with van der Waals surface area (Å²) in [4.78, 5) is 36.6. The number of fused-ring (bicyclic) bond motifs is 2. The van der Waals surface area contributed by atoms with Crippen LogP contribution in [0.25, 0.3) is 5.65 Å². The lowest BCUT2D eigenvalue weighted by molar-refractivity contribution is 0.0952. The van der Waals surface area contributed by atoms with Gasteiger partial charge in [0, 0.05) is 18.5 Å². The highest BCUT2D eigenvalue weighted by atomic mass is 16.5. The maximum atomic E-state index is 13.2. The predicted molar refractivity (Wildman–Crippen MR) is 170 cm³/mol. The molecule has 1 aliphatic carbocycles. The largest absolute Gasteiger partial charge is 0.484 e. The Morgan fingerprint density at radius 2 is 1.82 bits per heavy atom. The van der Waals surface area contributed by atoms with Crippen LogP contribution in [0.5, 0.6) is 5.75 Å². The minimum absolute atomic E-state index is 0.00405. The Morgan fingerprint density at radius 3 is 2.53 bits per heavy atom. The van der Waals surface area contributed by atoms with E-state index in [2.05, 4.69) is 61.1 Å². The molecule has 6 rings (SSSR count). The number of pyridine rings is 1. The van der Waals surface area contributed by atoms with Crippen LogP contribution in [0.4, 0.5) is 10.6 Å². The second-order valence-corrected chi connectivity index (χ2v) is 13.2. The third kappa shape index (κ3) is 5.94. The average molecular weight is 612 g/mol. The zero-order valence-electron chi connectivity index (χ0n) is 26.7. The molecular formula is C33H41N9O3. The van der Waals surface area contributed by atoms with Crippen LogP contribution < -0.4 is 20.7 Å². The molecule has 0 bridgehead atoms. The maximum Gasteiger partial charge on any atom is 0.320 e. The molecule has 0 saturated carbocycles. The summed E-state index contributed by atoms with van der Waals surface area (Å²) in [7, 11) is 3.66. The second-order valence-electron chi connectivity index (χ2n) is 13.2. The molecule has 3 N–H and O–H groups in total. The molecule has 0 radical (unpaired) electrons. The molecule has 1 fully saturated rings. The maximum absolute atomic E-state index is 13.2. The van der Waals surface area contributed by atoms with Crippen molar-refractivity contribution in [2.75, 3.05) is 26.0 Å². The fourth-order valence-electron chi connectivity index (χ4n) is 6.30. The van der Waals surface area contributed by atoms with Crippen molar-refractivity contribution >= 4 is 23.4 Å². The van der Waals surface area contributed by atoms with Crippen LogP contribution in [0.3, 0.4) is 0 Å². The normalized spacial score (nSPS) is 21.7. The molecule has 12 nitrogen and oxygen atoms in total. The Labute approximate surface area is 263 Å². The molecule has 0 unspecified atom stereocenters. The number of rotatable bonds is 6. The van der Waals surface area contributed by atoms with E-state index in [1.54, 1.807) is 6.07 Å². The van der Waals surface area contributed by atoms with Crippen molar-refractivity contribution < 1.29 is 14.3 Å². The van der Waals surface area contributed by atoms with Gasteiger partial charge in [-0.25, -0.2) is 14.8 Å². The number of hydrogen-bond acceptors (Lipinski definition) is 8. The predicted octanol–water partition coefficient (Wildman–Crippen LogP) is 4.89. The molecule has 3 aromatic heterocycles. The molecule has 12 heteroatoms. The highest BCUT2D eigenvalue weighted by Gasteiger charge is 2.40. The standard InChI is InChI=1S/C33H41N9O3/c1-32(2,3)25-18-26(37-28(36-25)29(43)34-5)38-31(44)35-23-13-14-24(22-11-8-7-10-21(22)23)45-20-12-15-27-39-40-30(42(27)19-20)33(4)16-9-17-41(33)6/h7-8,10-12,15,18-19,23-24H,9,13-14,16-17H2,1-6H3,(H,34,43)(H2,35,36,37,38,44)/t23-,24+,33-/m0/s1.